The maximum atomic E-state index is 13.8. The molecule has 2 aromatic carbocycles. The number of sulfone groups is 1. The highest BCUT2D eigenvalue weighted by molar-refractivity contribution is 7.90. The molecule has 0 spiro atoms. The van der Waals surface area contributed by atoms with Gasteiger partial charge in [-0.05, 0) is 53.9 Å². The smallest absolute Gasteiger partial charge is 0.309 e. The summed E-state index contributed by atoms with van der Waals surface area (Å²) >= 11 is 0. The molecule has 0 N–H and O–H groups in total. The van der Waals surface area contributed by atoms with E-state index in [2.05, 4.69) is 11.5 Å². The highest BCUT2D eigenvalue weighted by atomic mass is 32.2. The molecule has 0 unspecified atom stereocenters. The topological polar surface area (TPSA) is 65.4 Å². The molecule has 154 valence electrons. The predicted octanol–water partition coefficient (Wildman–Crippen LogP) is 3.90. The van der Waals surface area contributed by atoms with Gasteiger partial charge < -0.3 is 9.30 Å². The zero-order valence-corrected chi connectivity index (χ0v) is 17.6. The van der Waals surface area contributed by atoms with Crippen molar-refractivity contribution in [3.05, 3.63) is 65.1 Å². The van der Waals surface area contributed by atoms with E-state index in [-0.39, 0.29) is 11.3 Å². The van der Waals surface area contributed by atoms with E-state index in [9.17, 15) is 17.6 Å². The number of halogens is 1. The minimum Gasteiger partial charge on any atom is -0.469 e. The van der Waals surface area contributed by atoms with Crippen molar-refractivity contribution in [2.24, 2.45) is 0 Å². The summed E-state index contributed by atoms with van der Waals surface area (Å²) in [7, 11) is -1.99. The van der Waals surface area contributed by atoms with Crippen LogP contribution in [0.1, 0.15) is 30.2 Å². The molecule has 0 saturated heterocycles. The summed E-state index contributed by atoms with van der Waals surface area (Å²) in [6.07, 6.45) is 2.92. The number of ether oxygens (including phenoxy) is 1. The Kier molecular flexibility index (Phi) is 6.07. The molecule has 3 rings (SSSR count). The van der Waals surface area contributed by atoms with Crippen LogP contribution >= 0.6 is 0 Å². The molecule has 0 aliphatic rings. The van der Waals surface area contributed by atoms with Crippen molar-refractivity contribution in [3.63, 3.8) is 0 Å². The number of benzene rings is 2. The van der Waals surface area contributed by atoms with Crippen molar-refractivity contribution in [1.82, 2.24) is 4.57 Å². The molecule has 0 radical (unpaired) electrons. The third-order valence-electron chi connectivity index (χ3n) is 4.95. The van der Waals surface area contributed by atoms with E-state index >= 15 is 0 Å². The van der Waals surface area contributed by atoms with Crippen LogP contribution in [0.2, 0.25) is 0 Å². The average molecular weight is 418 g/mol. The number of aromatic nitrogens is 1. The van der Waals surface area contributed by atoms with Crippen molar-refractivity contribution >= 4 is 26.7 Å². The largest absolute Gasteiger partial charge is 0.469 e. The number of hydrogen-bond donors (Lipinski definition) is 0. The van der Waals surface area contributed by atoms with Crippen LogP contribution in [0.25, 0.3) is 10.9 Å². The molecule has 5 nitrogen and oxygen atoms in total. The fourth-order valence-electron chi connectivity index (χ4n) is 3.50. The first-order valence-corrected chi connectivity index (χ1v) is 11.3. The van der Waals surface area contributed by atoms with Gasteiger partial charge in [0.1, 0.15) is 5.82 Å². The van der Waals surface area contributed by atoms with Gasteiger partial charge in [-0.2, -0.15) is 0 Å². The number of methoxy groups -OCH3 is 1. The van der Waals surface area contributed by atoms with Crippen molar-refractivity contribution < 1.29 is 22.3 Å². The van der Waals surface area contributed by atoms with Crippen LogP contribution in [0, 0.1) is 5.82 Å². The molecule has 0 amide bonds. The number of rotatable bonds is 7. The van der Waals surface area contributed by atoms with Gasteiger partial charge in [-0.3, -0.25) is 4.79 Å². The molecule has 0 saturated carbocycles. The number of carbonyl (C=O) groups is 1. The lowest BCUT2D eigenvalue weighted by molar-refractivity contribution is -0.139. The highest BCUT2D eigenvalue weighted by Crippen LogP contribution is 2.26. The molecule has 7 heteroatoms. The number of esters is 1. The Morgan fingerprint density at radius 3 is 2.52 bits per heavy atom. The van der Waals surface area contributed by atoms with E-state index in [4.69, 9.17) is 4.74 Å². The van der Waals surface area contributed by atoms with E-state index in [0.717, 1.165) is 35.0 Å². The fourth-order valence-corrected chi connectivity index (χ4v) is 4.15. The molecule has 29 heavy (non-hydrogen) atoms. The van der Waals surface area contributed by atoms with E-state index in [1.54, 1.807) is 24.3 Å². The van der Waals surface area contributed by atoms with Gasteiger partial charge in [0.25, 0.3) is 0 Å². The minimum absolute atomic E-state index is 0.00979. The quantitative estimate of drug-likeness (QED) is 0.547. The van der Waals surface area contributed by atoms with Crippen LogP contribution in [-0.4, -0.2) is 32.3 Å². The van der Waals surface area contributed by atoms with Crippen molar-refractivity contribution in [2.75, 3.05) is 13.4 Å². The van der Waals surface area contributed by atoms with Gasteiger partial charge >= 0.3 is 5.97 Å². The van der Waals surface area contributed by atoms with Crippen LogP contribution in [0.4, 0.5) is 4.39 Å². The lowest BCUT2D eigenvalue weighted by Crippen LogP contribution is -2.11. The predicted molar refractivity (Wildman–Crippen MR) is 110 cm³/mol. The molecule has 1 heterocycles. The normalized spacial score (nSPS) is 11.7. The summed E-state index contributed by atoms with van der Waals surface area (Å²) in [5.74, 6) is -0.836. The molecular formula is C22H24FNO4S. The average Bonchev–Trinajstić information content (AvgIpc) is 3.00. The number of hydrogen-bond acceptors (Lipinski definition) is 4. The van der Waals surface area contributed by atoms with Crippen LogP contribution in [0.5, 0.6) is 0 Å². The zero-order valence-electron chi connectivity index (χ0n) is 16.7. The Balaban J connectivity index is 2.10. The molecule has 0 fully saturated rings. The SMILES string of the molecule is CCCc1cc2cc(S(C)(=O)=O)ccc2n1Cc1ccc(F)cc1CC(=O)OC. The molecule has 0 atom stereocenters. The summed E-state index contributed by atoms with van der Waals surface area (Å²) in [4.78, 5) is 12.0. The highest BCUT2D eigenvalue weighted by Gasteiger charge is 2.16. The maximum Gasteiger partial charge on any atom is 0.309 e. The molecule has 3 aromatic rings. The van der Waals surface area contributed by atoms with Crippen molar-refractivity contribution in [1.29, 1.82) is 0 Å². The summed E-state index contributed by atoms with van der Waals surface area (Å²) in [6, 6.07) is 11.5. The molecular weight excluding hydrogens is 393 g/mol. The second-order valence-electron chi connectivity index (χ2n) is 7.13. The monoisotopic (exact) mass is 417 g/mol. The molecule has 0 bridgehead atoms. The van der Waals surface area contributed by atoms with Gasteiger partial charge in [0.15, 0.2) is 9.84 Å². The summed E-state index contributed by atoms with van der Waals surface area (Å²) in [5.41, 5.74) is 3.35. The Morgan fingerprint density at radius 1 is 1.10 bits per heavy atom. The van der Waals surface area contributed by atoms with Gasteiger partial charge in [-0.15, -0.1) is 0 Å². The number of fused-ring (bicyclic) bond motifs is 1. The Bertz CT molecular complexity index is 1170. The van der Waals surface area contributed by atoms with E-state index in [0.29, 0.717) is 12.1 Å². The maximum absolute atomic E-state index is 13.8. The fraction of sp³-hybridized carbons (Fsp3) is 0.318. The Morgan fingerprint density at radius 2 is 1.86 bits per heavy atom. The first-order chi connectivity index (χ1) is 13.7. The first kappa shape index (κ1) is 21.0. The number of aryl methyl sites for hydroxylation is 1. The van der Waals surface area contributed by atoms with Crippen LogP contribution in [-0.2, 0) is 38.8 Å². The molecule has 0 aliphatic carbocycles. The second-order valence-corrected chi connectivity index (χ2v) is 9.15. The third-order valence-corrected chi connectivity index (χ3v) is 6.06. The molecule has 1 aromatic heterocycles. The standard InChI is InChI=1S/C22H24FNO4S/c1-4-5-19-11-17-12-20(29(3,26)27)8-9-21(17)24(19)14-15-6-7-18(23)10-16(15)13-22(25)28-2/h6-12H,4-5,13-14H2,1-3H3. The Hall–Kier alpha value is -2.67. The molecule has 0 aliphatic heterocycles. The van der Waals surface area contributed by atoms with Crippen LogP contribution < -0.4 is 0 Å². The van der Waals surface area contributed by atoms with Gasteiger partial charge in [0.05, 0.1) is 18.4 Å². The van der Waals surface area contributed by atoms with Gasteiger partial charge in [-0.1, -0.05) is 19.4 Å². The number of nitrogens with zero attached hydrogens (tertiary/aromatic N) is 1. The Labute approximate surface area is 170 Å². The lowest BCUT2D eigenvalue weighted by Gasteiger charge is -2.14. The first-order valence-electron chi connectivity index (χ1n) is 9.39. The zero-order chi connectivity index (χ0) is 21.2. The van der Waals surface area contributed by atoms with E-state index in [1.165, 1.54) is 25.5 Å². The van der Waals surface area contributed by atoms with E-state index < -0.39 is 21.6 Å². The van der Waals surface area contributed by atoms with Gasteiger partial charge in [0.2, 0.25) is 0 Å². The van der Waals surface area contributed by atoms with Crippen LogP contribution in [0.15, 0.2) is 47.4 Å². The van der Waals surface area contributed by atoms with Crippen LogP contribution in [0.3, 0.4) is 0 Å². The van der Waals surface area contributed by atoms with Gasteiger partial charge in [-0.25, -0.2) is 12.8 Å². The van der Waals surface area contributed by atoms with Crippen molar-refractivity contribution in [3.8, 4) is 0 Å². The summed E-state index contributed by atoms with van der Waals surface area (Å²) in [5, 5.41) is 0.841. The van der Waals surface area contributed by atoms with E-state index in [1.807, 2.05) is 6.07 Å². The number of carbonyl (C=O) groups excluding carboxylic acids is 1. The third kappa shape index (κ3) is 4.67. The van der Waals surface area contributed by atoms with Gasteiger partial charge in [0, 0.05) is 29.4 Å². The van der Waals surface area contributed by atoms with Crippen molar-refractivity contribution in [2.45, 2.75) is 37.6 Å². The summed E-state index contributed by atoms with van der Waals surface area (Å²) in [6.45, 7) is 2.52. The minimum atomic E-state index is -3.30. The lowest BCUT2D eigenvalue weighted by atomic mass is 10.0. The second kappa shape index (κ2) is 8.37. The summed E-state index contributed by atoms with van der Waals surface area (Å²) < 4.78 is 44.4.